The number of ether oxygens (including phenoxy) is 2. The second kappa shape index (κ2) is 30.2. The van der Waals surface area contributed by atoms with Gasteiger partial charge in [-0.15, -0.1) is 34.8 Å². The molecule has 0 spiro atoms. The average molecular weight is 901 g/mol. The third-order valence-corrected chi connectivity index (χ3v) is 10.6. The third-order valence-electron chi connectivity index (χ3n) is 9.94. The summed E-state index contributed by atoms with van der Waals surface area (Å²) in [5.74, 6) is -0.381. The summed E-state index contributed by atoms with van der Waals surface area (Å²) in [5.41, 5.74) is 9.68. The van der Waals surface area contributed by atoms with Gasteiger partial charge in [0.15, 0.2) is 0 Å². The molecule has 0 radical (unpaired) electrons. The molecule has 0 fully saturated rings. The molecule has 0 aliphatic heterocycles. The summed E-state index contributed by atoms with van der Waals surface area (Å²) in [6.45, 7) is 19.7. The first kappa shape index (κ1) is 53.2. The Hall–Kier alpha value is -3.93. The number of hydrogen-bond acceptors (Lipinski definition) is 6. The highest BCUT2D eigenvalue weighted by molar-refractivity contribution is 6.30. The van der Waals surface area contributed by atoms with Crippen LogP contribution in [0.2, 0.25) is 0 Å². The Labute approximate surface area is 380 Å². The van der Waals surface area contributed by atoms with Crippen molar-refractivity contribution in [3.05, 3.63) is 106 Å². The molecule has 0 unspecified atom stereocenters. The molecule has 4 rings (SSSR count). The van der Waals surface area contributed by atoms with Crippen LogP contribution in [0.3, 0.4) is 0 Å². The van der Waals surface area contributed by atoms with Gasteiger partial charge >= 0.3 is 0 Å². The molecule has 3 aromatic carbocycles. The van der Waals surface area contributed by atoms with Crippen molar-refractivity contribution in [3.8, 4) is 0 Å². The first-order valence-corrected chi connectivity index (χ1v) is 23.1. The Morgan fingerprint density at radius 1 is 0.574 bits per heavy atom. The molecule has 0 aliphatic carbocycles. The summed E-state index contributed by atoms with van der Waals surface area (Å²) >= 11 is 17.3. The molecular weight excluding hydrogens is 833 g/mol. The van der Waals surface area contributed by atoms with E-state index in [0.29, 0.717) is 26.4 Å². The highest BCUT2D eigenvalue weighted by atomic mass is 35.5. The summed E-state index contributed by atoms with van der Waals surface area (Å²) in [6.07, 6.45) is 10.1. The van der Waals surface area contributed by atoms with Crippen LogP contribution in [0, 0.1) is 13.8 Å². The summed E-state index contributed by atoms with van der Waals surface area (Å²) in [7, 11) is 0. The highest BCUT2D eigenvalue weighted by Crippen LogP contribution is 2.29. The number of benzene rings is 3. The predicted molar refractivity (Wildman–Crippen MR) is 255 cm³/mol. The number of nitrogens with zero attached hydrogens (tertiary/aromatic N) is 5. The quantitative estimate of drug-likeness (QED) is 0.0443. The van der Waals surface area contributed by atoms with Gasteiger partial charge in [-0.1, -0.05) is 103 Å². The van der Waals surface area contributed by atoms with Gasteiger partial charge in [-0.2, -0.15) is 5.10 Å². The van der Waals surface area contributed by atoms with E-state index in [-0.39, 0.29) is 42.1 Å². The van der Waals surface area contributed by atoms with Crippen molar-refractivity contribution in [2.45, 2.75) is 107 Å². The number of unbranched alkanes of at least 4 members (excludes halogenated alkanes) is 1. The maximum atomic E-state index is 12.3. The minimum absolute atomic E-state index is 0.00498. The number of para-hydroxylation sites is 3. The van der Waals surface area contributed by atoms with Crippen LogP contribution in [-0.2, 0) is 56.2 Å². The monoisotopic (exact) mass is 899 g/mol. The number of aryl methyl sites for hydroxylation is 6. The predicted octanol–water partition coefficient (Wildman–Crippen LogP) is 10.7. The van der Waals surface area contributed by atoms with Crippen molar-refractivity contribution < 1.29 is 23.9 Å². The van der Waals surface area contributed by atoms with Gasteiger partial charge in [-0.3, -0.25) is 28.9 Å². The van der Waals surface area contributed by atoms with E-state index in [4.69, 9.17) is 44.3 Å². The fourth-order valence-corrected chi connectivity index (χ4v) is 7.23. The second-order valence-electron chi connectivity index (χ2n) is 14.3. The first-order valence-electron chi connectivity index (χ1n) is 21.5. The van der Waals surface area contributed by atoms with E-state index < -0.39 is 0 Å². The summed E-state index contributed by atoms with van der Waals surface area (Å²) in [6, 6.07) is 20.2. The summed E-state index contributed by atoms with van der Waals surface area (Å²) in [4.78, 5) is 41.7. The smallest absolute Gasteiger partial charge is 0.243 e. The van der Waals surface area contributed by atoms with Crippen LogP contribution in [-0.4, -0.2) is 78.2 Å². The lowest BCUT2D eigenvalue weighted by Gasteiger charge is -2.27. The normalized spacial score (nSPS) is 10.6. The van der Waals surface area contributed by atoms with E-state index >= 15 is 0 Å². The van der Waals surface area contributed by atoms with Crippen LogP contribution in [0.4, 0.5) is 17.1 Å². The van der Waals surface area contributed by atoms with Crippen LogP contribution in [0.1, 0.15) is 94.2 Å². The summed E-state index contributed by atoms with van der Waals surface area (Å²) < 4.78 is 12.9. The zero-order chi connectivity index (χ0) is 45.2. The molecule has 0 bridgehead atoms. The number of amides is 3. The van der Waals surface area contributed by atoms with Crippen LogP contribution < -0.4 is 14.7 Å². The van der Waals surface area contributed by atoms with Crippen molar-refractivity contribution in [2.24, 2.45) is 0 Å². The van der Waals surface area contributed by atoms with Crippen LogP contribution in [0.15, 0.2) is 73.1 Å². The van der Waals surface area contributed by atoms with E-state index in [1.807, 2.05) is 50.4 Å². The van der Waals surface area contributed by atoms with Gasteiger partial charge in [0.05, 0.1) is 23.7 Å². The Bertz CT molecular complexity index is 1740. The molecule has 1 heterocycles. The number of aromatic nitrogens is 2. The van der Waals surface area contributed by atoms with Gasteiger partial charge < -0.3 is 14.4 Å². The average Bonchev–Trinajstić information content (AvgIpc) is 3.81. The number of carbonyl (C=O) groups is 3. The minimum atomic E-state index is -0.130. The van der Waals surface area contributed by atoms with E-state index in [9.17, 15) is 14.4 Å². The van der Waals surface area contributed by atoms with Crippen molar-refractivity contribution in [3.63, 3.8) is 0 Å². The number of alkyl halides is 3. The zero-order valence-corrected chi connectivity index (χ0v) is 39.9. The molecule has 3 amide bonds. The molecule has 0 saturated heterocycles. The molecule has 10 nitrogen and oxygen atoms in total. The number of hydrogen-bond donors (Lipinski definition) is 0. The molecule has 0 saturated carbocycles. The fourth-order valence-electron chi connectivity index (χ4n) is 6.80. The Kier molecular flexibility index (Phi) is 26.3. The molecule has 0 aliphatic rings. The largest absolute Gasteiger partial charge is 0.380 e. The first-order chi connectivity index (χ1) is 29.5. The molecule has 61 heavy (non-hydrogen) atoms. The van der Waals surface area contributed by atoms with Gasteiger partial charge in [0.2, 0.25) is 17.7 Å². The van der Waals surface area contributed by atoms with Crippen LogP contribution in [0.25, 0.3) is 0 Å². The Balaban J connectivity index is 0.000000315. The zero-order valence-electron chi connectivity index (χ0n) is 37.7. The molecule has 1 aromatic heterocycles. The van der Waals surface area contributed by atoms with E-state index in [1.54, 1.807) is 25.6 Å². The van der Waals surface area contributed by atoms with E-state index in [0.717, 1.165) is 90.9 Å². The van der Waals surface area contributed by atoms with Gasteiger partial charge in [-0.25, -0.2) is 0 Å². The van der Waals surface area contributed by atoms with Crippen LogP contribution in [0.5, 0.6) is 0 Å². The number of carbonyl (C=O) groups excluding carboxylic acids is 3. The lowest BCUT2D eigenvalue weighted by atomic mass is 10.0. The molecular formula is C48H68Cl3N5O5. The van der Waals surface area contributed by atoms with Gasteiger partial charge in [0.25, 0.3) is 0 Å². The van der Waals surface area contributed by atoms with Crippen molar-refractivity contribution in [1.29, 1.82) is 0 Å². The SMILES string of the molecule is CCCCOCN(C(=O)CCl)c1c(CC)cccc1CC.CCCOCCN(C(=O)CCl)c1c(CC)cccc1CC.Cc1cccc(C)c1N(Cn1cccn1)C(=O)CCl. The Morgan fingerprint density at radius 3 is 1.49 bits per heavy atom. The number of halogens is 3. The van der Waals surface area contributed by atoms with Crippen LogP contribution >= 0.6 is 34.8 Å². The third kappa shape index (κ3) is 16.7. The van der Waals surface area contributed by atoms with Crippen molar-refractivity contribution in [1.82, 2.24) is 9.78 Å². The topological polar surface area (TPSA) is 97.2 Å². The van der Waals surface area contributed by atoms with Gasteiger partial charge in [0.1, 0.15) is 31.0 Å². The van der Waals surface area contributed by atoms with Crippen molar-refractivity contribution >= 4 is 69.6 Å². The lowest BCUT2D eigenvalue weighted by molar-refractivity contribution is -0.118. The number of anilines is 3. The molecule has 4 aromatic rings. The maximum Gasteiger partial charge on any atom is 0.243 e. The molecule has 336 valence electrons. The molecule has 0 N–H and O–H groups in total. The highest BCUT2D eigenvalue weighted by Gasteiger charge is 2.22. The standard InChI is InChI=1S/2C17H26ClNO2.C14H16ClN3O/c1-4-11-21-12-10-19(16(20)13-18)17-14(5-2)8-7-9-15(17)6-3;1-4-7-11-21-13-19(16(20)12-18)17-14(5-2)9-8-10-15(17)6-3;1-11-5-3-6-12(2)14(11)18(13(19)9-15)10-17-8-4-7-16-17/h7-9H,4-6,10-13H2,1-3H3;8-10H,4-7,11-13H2,1-3H3;3-8H,9-10H2,1-2H3. The molecule has 13 heteroatoms. The number of rotatable bonds is 22. The maximum absolute atomic E-state index is 12.3. The van der Waals surface area contributed by atoms with Crippen molar-refractivity contribution in [2.75, 3.05) is 65.4 Å². The van der Waals surface area contributed by atoms with Gasteiger partial charge in [-0.05, 0) is 91.8 Å². The van der Waals surface area contributed by atoms with E-state index in [2.05, 4.69) is 77.0 Å². The second-order valence-corrected chi connectivity index (χ2v) is 15.1. The lowest BCUT2D eigenvalue weighted by Crippen LogP contribution is -2.36. The van der Waals surface area contributed by atoms with Gasteiger partial charge in [0, 0.05) is 32.2 Å². The minimum Gasteiger partial charge on any atom is -0.380 e. The Morgan fingerprint density at radius 2 is 1.05 bits per heavy atom. The fraction of sp³-hybridized carbons (Fsp3) is 0.500. The van der Waals surface area contributed by atoms with E-state index in [1.165, 1.54) is 11.1 Å². The molecule has 0 atom stereocenters. The summed E-state index contributed by atoms with van der Waals surface area (Å²) in [5, 5.41) is 4.14.